The molecule has 10 heteroatoms. The molecule has 0 radical (unpaired) electrons. The minimum absolute atomic E-state index is 0.0672. The van der Waals surface area contributed by atoms with Crippen LogP contribution in [0, 0.1) is 13.8 Å². The Bertz CT molecular complexity index is 1360. The topological polar surface area (TPSA) is 113 Å². The number of amides is 3. The van der Waals surface area contributed by atoms with Gasteiger partial charge in [-0.1, -0.05) is 60.9 Å². The normalized spacial score (nSPS) is 16.5. The van der Waals surface area contributed by atoms with Crippen LogP contribution in [0.5, 0.6) is 0 Å². The van der Waals surface area contributed by atoms with Gasteiger partial charge in [0.2, 0.25) is 11.8 Å². The van der Waals surface area contributed by atoms with E-state index in [1.165, 1.54) is 28.8 Å². The molecule has 5 N–H and O–H groups in total. The van der Waals surface area contributed by atoms with E-state index < -0.39 is 17.6 Å². The molecule has 1 aliphatic carbocycles. The lowest BCUT2D eigenvalue weighted by molar-refractivity contribution is -0.137. The van der Waals surface area contributed by atoms with E-state index in [-0.39, 0.29) is 36.0 Å². The third kappa shape index (κ3) is 10.0. The molecule has 42 heavy (non-hydrogen) atoms. The van der Waals surface area contributed by atoms with Crippen molar-refractivity contribution in [2.45, 2.75) is 64.3 Å². The number of carbonyl (C=O) groups excluding carboxylic acids is 3. The zero-order valence-electron chi connectivity index (χ0n) is 23.8. The molecule has 0 saturated heterocycles. The van der Waals surface area contributed by atoms with Crippen molar-refractivity contribution in [1.29, 1.82) is 0 Å². The van der Waals surface area contributed by atoms with Gasteiger partial charge in [-0.15, -0.1) is 0 Å². The van der Waals surface area contributed by atoms with Gasteiger partial charge in [-0.05, 0) is 68.1 Å². The predicted molar refractivity (Wildman–Crippen MR) is 156 cm³/mol. The number of alkyl halides is 3. The molecular formula is C32H37F3N4O3. The van der Waals surface area contributed by atoms with Crippen molar-refractivity contribution < 1.29 is 27.6 Å². The second-order valence-corrected chi connectivity index (χ2v) is 10.4. The van der Waals surface area contributed by atoms with Crippen LogP contribution < -0.4 is 21.7 Å². The molecule has 3 aromatic carbocycles. The summed E-state index contributed by atoms with van der Waals surface area (Å²) in [4.78, 5) is 35.1. The molecule has 0 heterocycles. The first-order valence-electron chi connectivity index (χ1n) is 13.8. The summed E-state index contributed by atoms with van der Waals surface area (Å²) >= 11 is 0. The molecule has 0 bridgehead atoms. The van der Waals surface area contributed by atoms with Crippen LogP contribution in [-0.2, 0) is 17.5 Å². The maximum Gasteiger partial charge on any atom is 0.416 e. The number of benzene rings is 3. The molecule has 4 rings (SSSR count). The highest BCUT2D eigenvalue weighted by atomic mass is 19.4. The van der Waals surface area contributed by atoms with Gasteiger partial charge in [0, 0.05) is 29.8 Å². The molecule has 224 valence electrons. The fourth-order valence-corrected chi connectivity index (χ4v) is 4.79. The Balaban J connectivity index is 0.000000458. The lowest BCUT2D eigenvalue weighted by Crippen LogP contribution is -2.53. The number of hydrogen-bond acceptors (Lipinski definition) is 4. The summed E-state index contributed by atoms with van der Waals surface area (Å²) in [6.07, 6.45) is -0.690. The van der Waals surface area contributed by atoms with Gasteiger partial charge < -0.3 is 21.7 Å². The first kappa shape index (κ1) is 32.3. The van der Waals surface area contributed by atoms with Crippen LogP contribution >= 0.6 is 0 Å². The maximum atomic E-state index is 12.9. The largest absolute Gasteiger partial charge is 0.416 e. The maximum absolute atomic E-state index is 12.9. The Labute approximate surface area is 244 Å². The highest BCUT2D eigenvalue weighted by Gasteiger charge is 2.31. The molecule has 1 saturated carbocycles. The van der Waals surface area contributed by atoms with Crippen LogP contribution in [-0.4, -0.2) is 36.3 Å². The highest BCUT2D eigenvalue weighted by Crippen LogP contribution is 2.29. The van der Waals surface area contributed by atoms with Gasteiger partial charge >= 0.3 is 6.18 Å². The van der Waals surface area contributed by atoms with Gasteiger partial charge in [-0.25, -0.2) is 0 Å². The second kappa shape index (κ2) is 15.2. The van der Waals surface area contributed by atoms with Gasteiger partial charge in [0.25, 0.3) is 5.91 Å². The summed E-state index contributed by atoms with van der Waals surface area (Å²) in [5.41, 5.74) is 8.13. The first-order valence-corrected chi connectivity index (χ1v) is 13.8. The quantitative estimate of drug-likeness (QED) is 0.298. The van der Waals surface area contributed by atoms with Crippen LogP contribution in [0.25, 0.3) is 0 Å². The predicted octanol–water partition coefficient (Wildman–Crippen LogP) is 5.05. The van der Waals surface area contributed by atoms with Crippen LogP contribution in [0.2, 0.25) is 0 Å². The van der Waals surface area contributed by atoms with Crippen molar-refractivity contribution in [2.75, 3.05) is 6.54 Å². The van der Waals surface area contributed by atoms with E-state index >= 15 is 0 Å². The zero-order valence-corrected chi connectivity index (χ0v) is 23.8. The third-order valence-corrected chi connectivity index (χ3v) is 7.09. The van der Waals surface area contributed by atoms with Gasteiger partial charge in [0.15, 0.2) is 0 Å². The van der Waals surface area contributed by atoms with Crippen LogP contribution in [0.4, 0.5) is 13.2 Å². The summed E-state index contributed by atoms with van der Waals surface area (Å²) in [7, 11) is 0. The molecule has 0 aliphatic heterocycles. The van der Waals surface area contributed by atoms with Crippen molar-refractivity contribution in [3.05, 3.63) is 106 Å². The Hall–Kier alpha value is -4.18. The van der Waals surface area contributed by atoms with E-state index in [0.29, 0.717) is 12.1 Å². The molecular weight excluding hydrogens is 545 g/mol. The van der Waals surface area contributed by atoms with Crippen molar-refractivity contribution in [2.24, 2.45) is 5.73 Å². The Morgan fingerprint density at radius 1 is 0.857 bits per heavy atom. The monoisotopic (exact) mass is 582 g/mol. The van der Waals surface area contributed by atoms with E-state index in [0.717, 1.165) is 37.8 Å². The standard InChI is InChI=1S/C25H30F3N3O2.C7H7NO/c1-16-10-11-19(17(2)12-16)14-29-21-8-3-4-9-22(21)31-23(32)15-30-24(33)18-6-5-7-20(13-18)25(26,27)28;8-7(9)6-4-2-1-3-5-6/h5-7,10-13,21-22,29H,3-4,8-9,14-15H2,1-2H3,(H,30,33)(H,31,32);1-5H,(H2,8,9)/t21-,22+;/m1./s1. The van der Waals surface area contributed by atoms with E-state index in [1.54, 1.807) is 24.3 Å². The number of rotatable bonds is 8. The summed E-state index contributed by atoms with van der Waals surface area (Å²) in [6.45, 7) is 4.55. The van der Waals surface area contributed by atoms with E-state index in [4.69, 9.17) is 5.73 Å². The molecule has 0 spiro atoms. The molecule has 0 unspecified atom stereocenters. The number of carbonyl (C=O) groups is 3. The van der Waals surface area contributed by atoms with Crippen molar-refractivity contribution in [3.8, 4) is 0 Å². The number of hydrogen-bond donors (Lipinski definition) is 4. The number of nitrogens with two attached hydrogens (primary N) is 1. The molecule has 0 aromatic heterocycles. The van der Waals surface area contributed by atoms with E-state index in [1.807, 2.05) is 6.07 Å². The Morgan fingerprint density at radius 2 is 1.52 bits per heavy atom. The molecule has 1 aliphatic rings. The summed E-state index contributed by atoms with van der Waals surface area (Å²) < 4.78 is 38.6. The lowest BCUT2D eigenvalue weighted by atomic mass is 9.90. The number of nitrogens with one attached hydrogen (secondary N) is 3. The molecule has 7 nitrogen and oxygen atoms in total. The zero-order chi connectivity index (χ0) is 30.7. The number of halogens is 3. The average molecular weight is 583 g/mol. The first-order chi connectivity index (χ1) is 19.9. The number of primary amides is 1. The van der Waals surface area contributed by atoms with Crippen molar-refractivity contribution >= 4 is 17.7 Å². The minimum Gasteiger partial charge on any atom is -0.366 e. The molecule has 3 amide bonds. The summed E-state index contributed by atoms with van der Waals surface area (Å²) in [5, 5.41) is 8.95. The summed E-state index contributed by atoms with van der Waals surface area (Å²) in [6, 6.07) is 19.3. The lowest BCUT2D eigenvalue weighted by Gasteiger charge is -2.33. The molecule has 2 atom stereocenters. The fraction of sp³-hybridized carbons (Fsp3) is 0.344. The van der Waals surface area contributed by atoms with Gasteiger partial charge in [-0.2, -0.15) is 13.2 Å². The Morgan fingerprint density at radius 3 is 2.14 bits per heavy atom. The van der Waals surface area contributed by atoms with E-state index in [2.05, 4.69) is 48.0 Å². The Kier molecular flexibility index (Phi) is 11.7. The van der Waals surface area contributed by atoms with Gasteiger partial charge in [-0.3, -0.25) is 14.4 Å². The van der Waals surface area contributed by atoms with Gasteiger partial charge in [0.1, 0.15) is 0 Å². The molecule has 3 aromatic rings. The SMILES string of the molecule is Cc1ccc(CN[C@@H]2CCCC[C@@H]2NC(=O)CNC(=O)c2cccc(C(F)(F)F)c2)c(C)c1.NC(=O)c1ccccc1. The average Bonchev–Trinajstić information content (AvgIpc) is 2.96. The summed E-state index contributed by atoms with van der Waals surface area (Å²) in [5.74, 6) is -1.46. The second-order valence-electron chi connectivity index (χ2n) is 10.4. The number of aryl methyl sites for hydroxylation is 2. The van der Waals surface area contributed by atoms with E-state index in [9.17, 15) is 27.6 Å². The third-order valence-electron chi connectivity index (χ3n) is 7.09. The van der Waals surface area contributed by atoms with Crippen molar-refractivity contribution in [1.82, 2.24) is 16.0 Å². The van der Waals surface area contributed by atoms with Gasteiger partial charge in [0.05, 0.1) is 12.1 Å². The fourth-order valence-electron chi connectivity index (χ4n) is 4.79. The highest BCUT2D eigenvalue weighted by molar-refractivity contribution is 5.96. The minimum atomic E-state index is -4.53. The van der Waals surface area contributed by atoms with Crippen LogP contribution in [0.3, 0.4) is 0 Å². The van der Waals surface area contributed by atoms with Crippen LogP contribution in [0.15, 0.2) is 72.8 Å². The van der Waals surface area contributed by atoms with Crippen molar-refractivity contribution in [3.63, 3.8) is 0 Å². The van der Waals surface area contributed by atoms with Crippen LogP contribution in [0.1, 0.15) is 68.7 Å². The smallest absolute Gasteiger partial charge is 0.366 e. The molecule has 1 fully saturated rings.